The summed E-state index contributed by atoms with van der Waals surface area (Å²) in [5.41, 5.74) is 6.29. The van der Waals surface area contributed by atoms with Crippen LogP contribution >= 0.6 is 0 Å². The summed E-state index contributed by atoms with van der Waals surface area (Å²) in [6, 6.07) is 19.1. The van der Waals surface area contributed by atoms with Crippen molar-refractivity contribution in [2.24, 2.45) is 5.92 Å². The van der Waals surface area contributed by atoms with Crippen LogP contribution in [0.4, 0.5) is 0 Å². The minimum absolute atomic E-state index is 0.578. The first-order valence-corrected chi connectivity index (χ1v) is 13.1. The van der Waals surface area contributed by atoms with Gasteiger partial charge in [-0.25, -0.2) is 4.98 Å². The number of carbonyl (C=O) groups is 1. The Balaban J connectivity index is 0.00000145. The highest BCUT2D eigenvalue weighted by molar-refractivity contribution is 5.86. The van der Waals surface area contributed by atoms with Gasteiger partial charge in [0.25, 0.3) is 0 Å². The highest BCUT2D eigenvalue weighted by Crippen LogP contribution is 2.28. The Morgan fingerprint density at radius 1 is 1.11 bits per heavy atom. The molecule has 0 amide bonds. The van der Waals surface area contributed by atoms with Crippen LogP contribution in [0.2, 0.25) is 0 Å². The number of rotatable bonds is 13. The summed E-state index contributed by atoms with van der Waals surface area (Å²) in [6.45, 7) is 8.62. The Kier molecular flexibility index (Phi) is 13.4. The number of nitriles is 1. The quantitative estimate of drug-likeness (QED) is 0.219. The molecule has 0 saturated carbocycles. The Labute approximate surface area is 216 Å². The van der Waals surface area contributed by atoms with Gasteiger partial charge in [-0.15, -0.1) is 0 Å². The van der Waals surface area contributed by atoms with Crippen molar-refractivity contribution in [3.63, 3.8) is 0 Å². The van der Waals surface area contributed by atoms with Gasteiger partial charge in [0.05, 0.1) is 22.8 Å². The normalized spacial score (nSPS) is 11.4. The molecule has 0 fully saturated rings. The Morgan fingerprint density at radius 3 is 2.53 bits per heavy atom. The Bertz CT molecular complexity index is 1100. The number of pyridine rings is 1. The molecule has 1 unspecified atom stereocenters. The number of nitrogens with zero attached hydrogens (tertiary/aromatic N) is 2. The number of hydrogen-bond donors (Lipinski definition) is 1. The lowest BCUT2D eigenvalue weighted by molar-refractivity contribution is -0.106. The summed E-state index contributed by atoms with van der Waals surface area (Å²) >= 11 is 0. The van der Waals surface area contributed by atoms with E-state index < -0.39 is 0 Å². The largest absolute Gasteiger partial charge is 0.381 e. The van der Waals surface area contributed by atoms with E-state index in [0.717, 1.165) is 73.9 Å². The van der Waals surface area contributed by atoms with Crippen molar-refractivity contribution < 1.29 is 9.53 Å². The molecule has 0 aliphatic rings. The standard InChI is InChI=1S/C29H37N3O.C2H4O/c1-4-16-33-17-6-5-7-22(2)18-26-20-28(25-11-8-23(9-12-25)14-15-31-3)32-29-19-24(21-30)10-13-27(26)29;1-2-3/h8-13,19-20,22,31H,4-7,14-18H2,1-3H3;2H,1H3. The number of carbonyl (C=O) groups excluding carboxylic acids is 1. The molecule has 2 aromatic carbocycles. The zero-order chi connectivity index (χ0) is 26.2. The van der Waals surface area contributed by atoms with Gasteiger partial charge in [-0.05, 0) is 81.4 Å². The monoisotopic (exact) mass is 487 g/mol. The zero-order valence-corrected chi connectivity index (χ0v) is 22.3. The third kappa shape index (κ3) is 9.53. The first-order chi connectivity index (χ1) is 17.6. The van der Waals surface area contributed by atoms with Crippen molar-refractivity contribution in [2.45, 2.75) is 59.3 Å². The first-order valence-electron chi connectivity index (χ1n) is 13.1. The second-order valence-electron chi connectivity index (χ2n) is 9.21. The SMILES string of the molecule is CC=O.CCCOCCCCC(C)Cc1cc(-c2ccc(CCNC)cc2)nc2cc(C#N)ccc12. The second kappa shape index (κ2) is 16.6. The summed E-state index contributed by atoms with van der Waals surface area (Å²) in [5.74, 6) is 0.578. The molecule has 1 N–H and O–H groups in total. The molecular formula is C31H41N3O2. The van der Waals surface area contributed by atoms with Gasteiger partial charge >= 0.3 is 0 Å². The zero-order valence-electron chi connectivity index (χ0n) is 22.3. The van der Waals surface area contributed by atoms with E-state index in [2.05, 4.69) is 61.6 Å². The van der Waals surface area contributed by atoms with E-state index in [4.69, 9.17) is 14.5 Å². The van der Waals surface area contributed by atoms with Crippen molar-refractivity contribution in [2.75, 3.05) is 26.8 Å². The third-order valence-electron chi connectivity index (χ3n) is 6.09. The molecule has 3 aromatic rings. The second-order valence-corrected chi connectivity index (χ2v) is 9.21. The summed E-state index contributed by atoms with van der Waals surface area (Å²) in [7, 11) is 1.98. The van der Waals surface area contributed by atoms with E-state index in [1.807, 2.05) is 19.2 Å². The smallest absolute Gasteiger partial charge is 0.116 e. The number of likely N-dealkylation sites (N-methyl/N-ethyl adjacent to an activating group) is 1. The van der Waals surface area contributed by atoms with Gasteiger partial charge in [-0.1, -0.05) is 57.0 Å². The average molecular weight is 488 g/mol. The van der Waals surface area contributed by atoms with Gasteiger partial charge in [-0.3, -0.25) is 0 Å². The molecule has 5 nitrogen and oxygen atoms in total. The minimum atomic E-state index is 0.578. The van der Waals surface area contributed by atoms with Crippen molar-refractivity contribution in [3.05, 3.63) is 65.2 Å². The number of benzene rings is 2. The van der Waals surface area contributed by atoms with Crippen molar-refractivity contribution in [3.8, 4) is 17.3 Å². The predicted molar refractivity (Wildman–Crippen MR) is 149 cm³/mol. The summed E-state index contributed by atoms with van der Waals surface area (Å²) < 4.78 is 5.62. The van der Waals surface area contributed by atoms with Crippen molar-refractivity contribution in [1.82, 2.24) is 10.3 Å². The lowest BCUT2D eigenvalue weighted by atomic mass is 9.92. The van der Waals surface area contributed by atoms with Crippen LogP contribution in [0.3, 0.4) is 0 Å². The van der Waals surface area contributed by atoms with Crippen molar-refractivity contribution >= 4 is 17.2 Å². The van der Waals surface area contributed by atoms with Crippen LogP contribution in [0.25, 0.3) is 22.2 Å². The number of fused-ring (bicyclic) bond motifs is 1. The van der Waals surface area contributed by atoms with E-state index in [0.29, 0.717) is 11.5 Å². The summed E-state index contributed by atoms with van der Waals surface area (Å²) in [6.07, 6.45) is 7.35. The van der Waals surface area contributed by atoms with Gasteiger partial charge in [0, 0.05) is 24.2 Å². The molecule has 1 atom stereocenters. The molecule has 0 aliphatic heterocycles. The maximum atomic E-state index is 9.38. The van der Waals surface area contributed by atoms with Crippen LogP contribution < -0.4 is 5.32 Å². The maximum Gasteiger partial charge on any atom is 0.116 e. The van der Waals surface area contributed by atoms with Crippen LogP contribution in [-0.2, 0) is 22.4 Å². The fraction of sp³-hybridized carbons (Fsp3) is 0.452. The lowest BCUT2D eigenvalue weighted by Crippen LogP contribution is -2.10. The molecule has 0 radical (unpaired) electrons. The number of hydrogen-bond acceptors (Lipinski definition) is 5. The summed E-state index contributed by atoms with van der Waals surface area (Å²) in [4.78, 5) is 13.7. The molecule has 0 aliphatic carbocycles. The first kappa shape index (κ1) is 29.2. The molecule has 1 aromatic heterocycles. The lowest BCUT2D eigenvalue weighted by Gasteiger charge is -2.15. The number of unbranched alkanes of at least 4 members (excludes halogenated alkanes) is 1. The average Bonchev–Trinajstić information content (AvgIpc) is 2.89. The predicted octanol–water partition coefficient (Wildman–Crippen LogP) is 6.52. The van der Waals surface area contributed by atoms with Gasteiger partial charge in [0.15, 0.2) is 0 Å². The highest BCUT2D eigenvalue weighted by atomic mass is 16.5. The molecule has 5 heteroatoms. The Hall–Kier alpha value is -3.07. The van der Waals surface area contributed by atoms with Crippen LogP contribution in [0.1, 0.15) is 63.1 Å². The van der Waals surface area contributed by atoms with Crippen LogP contribution in [0, 0.1) is 17.2 Å². The van der Waals surface area contributed by atoms with Crippen molar-refractivity contribution in [1.29, 1.82) is 5.26 Å². The number of aldehydes is 1. The fourth-order valence-electron chi connectivity index (χ4n) is 4.22. The van der Waals surface area contributed by atoms with E-state index in [9.17, 15) is 5.26 Å². The van der Waals surface area contributed by atoms with Crippen LogP contribution in [0.5, 0.6) is 0 Å². The van der Waals surface area contributed by atoms with Gasteiger partial charge in [0.1, 0.15) is 6.29 Å². The minimum Gasteiger partial charge on any atom is -0.381 e. The fourth-order valence-corrected chi connectivity index (χ4v) is 4.22. The van der Waals surface area contributed by atoms with Gasteiger partial charge in [-0.2, -0.15) is 5.26 Å². The van der Waals surface area contributed by atoms with E-state index in [1.165, 1.54) is 30.9 Å². The molecular weight excluding hydrogens is 446 g/mol. The molecule has 0 saturated heterocycles. The molecule has 36 heavy (non-hydrogen) atoms. The molecule has 0 spiro atoms. The van der Waals surface area contributed by atoms with E-state index >= 15 is 0 Å². The highest BCUT2D eigenvalue weighted by Gasteiger charge is 2.12. The van der Waals surface area contributed by atoms with E-state index in [1.54, 1.807) is 0 Å². The third-order valence-corrected chi connectivity index (χ3v) is 6.09. The molecule has 192 valence electrons. The maximum absolute atomic E-state index is 9.38. The topological polar surface area (TPSA) is 75.0 Å². The van der Waals surface area contributed by atoms with Crippen LogP contribution in [0.15, 0.2) is 48.5 Å². The van der Waals surface area contributed by atoms with Gasteiger partial charge in [0.2, 0.25) is 0 Å². The number of ether oxygens (including phenoxy) is 1. The molecule has 0 bridgehead atoms. The van der Waals surface area contributed by atoms with Crippen LogP contribution in [-0.4, -0.2) is 38.1 Å². The Morgan fingerprint density at radius 2 is 1.86 bits per heavy atom. The summed E-state index contributed by atoms with van der Waals surface area (Å²) in [5, 5.41) is 13.7. The number of nitrogens with one attached hydrogen (secondary N) is 1. The number of aromatic nitrogens is 1. The van der Waals surface area contributed by atoms with E-state index in [-0.39, 0.29) is 0 Å². The van der Waals surface area contributed by atoms with Gasteiger partial charge < -0.3 is 14.8 Å². The molecule has 1 heterocycles. The molecule has 3 rings (SSSR count).